The van der Waals surface area contributed by atoms with E-state index in [1.165, 1.54) is 116 Å². The summed E-state index contributed by atoms with van der Waals surface area (Å²) in [5.41, 5.74) is 19.2. The summed E-state index contributed by atoms with van der Waals surface area (Å²) < 4.78 is 0. The minimum absolute atomic E-state index is 0.0171. The molecule has 9 aromatic carbocycles. The second-order valence-electron chi connectivity index (χ2n) is 23.1. The second kappa shape index (κ2) is 14.1. The van der Waals surface area contributed by atoms with Crippen molar-refractivity contribution in [3.05, 3.63) is 174 Å². The van der Waals surface area contributed by atoms with Crippen molar-refractivity contribution in [1.29, 1.82) is 0 Å². The summed E-state index contributed by atoms with van der Waals surface area (Å²) in [5.74, 6) is 0. The fraction of sp³-hybridized carbons (Fsp3) is 0.258. The average Bonchev–Trinajstić information content (AvgIpc) is 3.26. The summed E-state index contributed by atoms with van der Waals surface area (Å²) in [5, 5.41) is 7.84. The summed E-state index contributed by atoms with van der Waals surface area (Å²) in [7, 11) is 0. The fourth-order valence-corrected chi connectivity index (χ4v) is 10.9. The van der Waals surface area contributed by atoms with Gasteiger partial charge in [-0.1, -0.05) is 174 Å². The number of nitrogens with zero attached hydrogens (tertiary/aromatic N) is 2. The first-order chi connectivity index (χ1) is 30.8. The van der Waals surface area contributed by atoms with E-state index in [0.29, 0.717) is 0 Å². The maximum absolute atomic E-state index is 2.61. The van der Waals surface area contributed by atoms with Crippen LogP contribution in [0.25, 0.3) is 43.4 Å². The maximum atomic E-state index is 2.61. The summed E-state index contributed by atoms with van der Waals surface area (Å²) in [6, 6.07) is 59.1. The lowest BCUT2D eigenvalue weighted by atomic mass is 9.33. The number of anilines is 6. The zero-order chi connectivity index (χ0) is 45.5. The first kappa shape index (κ1) is 41.4. The van der Waals surface area contributed by atoms with Crippen LogP contribution in [-0.4, -0.2) is 6.71 Å². The highest BCUT2D eigenvalue weighted by atomic mass is 15.2. The SMILES string of the molecule is CC(C)(C)c1ccc(N2c3ccc(C(C)(C)C)cc3B3c4cc(C(C)(C)C)ccc4N(c4ccc(C(C)(C)C)cc4-c4cc5ccc6cccc7ccc(c4)c5c67)c4cccc2c43)cc1. The van der Waals surface area contributed by atoms with Gasteiger partial charge in [0, 0.05) is 34.0 Å². The van der Waals surface area contributed by atoms with Gasteiger partial charge in [-0.05, 0) is 159 Å². The monoisotopic (exact) mass is 844 g/mol. The van der Waals surface area contributed by atoms with Crippen LogP contribution in [0, 0.1) is 0 Å². The van der Waals surface area contributed by atoms with E-state index in [1.54, 1.807) is 0 Å². The molecule has 2 aliphatic heterocycles. The Labute approximate surface area is 387 Å². The van der Waals surface area contributed by atoms with E-state index < -0.39 is 0 Å². The van der Waals surface area contributed by atoms with Crippen LogP contribution in [-0.2, 0) is 21.7 Å². The van der Waals surface area contributed by atoms with Crippen LogP contribution in [0.5, 0.6) is 0 Å². The van der Waals surface area contributed by atoms with Gasteiger partial charge >= 0.3 is 0 Å². The highest BCUT2D eigenvalue weighted by molar-refractivity contribution is 7.00. The van der Waals surface area contributed by atoms with Crippen LogP contribution in [0.4, 0.5) is 34.1 Å². The number of hydrogen-bond donors (Lipinski definition) is 0. The Morgan fingerprint density at radius 2 is 0.754 bits per heavy atom. The van der Waals surface area contributed by atoms with Crippen LogP contribution in [0.15, 0.2) is 152 Å². The van der Waals surface area contributed by atoms with Crippen molar-refractivity contribution in [1.82, 2.24) is 0 Å². The minimum Gasteiger partial charge on any atom is -0.311 e. The van der Waals surface area contributed by atoms with Gasteiger partial charge < -0.3 is 9.80 Å². The predicted molar refractivity (Wildman–Crippen MR) is 284 cm³/mol. The molecule has 2 aliphatic rings. The van der Waals surface area contributed by atoms with Crippen molar-refractivity contribution in [3.63, 3.8) is 0 Å². The van der Waals surface area contributed by atoms with Gasteiger partial charge in [-0.3, -0.25) is 0 Å². The predicted octanol–water partition coefficient (Wildman–Crippen LogP) is 15.5. The fourth-order valence-electron chi connectivity index (χ4n) is 10.9. The molecule has 0 amide bonds. The van der Waals surface area contributed by atoms with Crippen LogP contribution < -0.4 is 26.2 Å². The van der Waals surface area contributed by atoms with Crippen molar-refractivity contribution in [2.24, 2.45) is 0 Å². The molecule has 3 heteroatoms. The molecule has 0 spiro atoms. The Balaban J connectivity index is 1.21. The molecule has 322 valence electrons. The lowest BCUT2D eigenvalue weighted by Gasteiger charge is -2.45. The number of benzene rings is 9. The molecule has 0 bridgehead atoms. The highest BCUT2D eigenvalue weighted by Crippen LogP contribution is 2.49. The Bertz CT molecular complexity index is 3300. The Morgan fingerprint density at radius 1 is 0.338 bits per heavy atom. The summed E-state index contributed by atoms with van der Waals surface area (Å²) in [4.78, 5) is 5.16. The van der Waals surface area contributed by atoms with E-state index >= 15 is 0 Å². The summed E-state index contributed by atoms with van der Waals surface area (Å²) in [6.07, 6.45) is 0. The molecule has 2 heterocycles. The molecule has 0 N–H and O–H groups in total. The lowest BCUT2D eigenvalue weighted by Crippen LogP contribution is -2.61. The van der Waals surface area contributed by atoms with E-state index in [4.69, 9.17) is 0 Å². The van der Waals surface area contributed by atoms with E-state index in [9.17, 15) is 0 Å². The quantitative estimate of drug-likeness (QED) is 0.129. The standard InChI is InChI=1S/C62H61BN2/c1-59(2,3)43-23-28-47(29-24-43)64-52-31-26-45(61(7,8)9)36-49(52)63-50-37-46(62(10,11)12)27-32-53(50)65(55-18-14-17-54(64)58(55)63)51-30-25-44(60(4,5)6)35-48(51)42-33-40-21-19-38-15-13-16-39-20-22-41(34-42)57(40)56(38)39/h13-37H,1-12H3. The molecule has 0 saturated carbocycles. The normalized spacial score (nSPS) is 14.1. The molecule has 0 unspecified atom stereocenters. The van der Waals surface area contributed by atoms with Gasteiger partial charge in [0.05, 0.1) is 5.69 Å². The second-order valence-corrected chi connectivity index (χ2v) is 23.1. The molecular formula is C62H61BN2. The van der Waals surface area contributed by atoms with Gasteiger partial charge in [0.25, 0.3) is 6.71 Å². The molecule has 11 rings (SSSR count). The van der Waals surface area contributed by atoms with Crippen LogP contribution in [0.1, 0.15) is 105 Å². The zero-order valence-corrected chi connectivity index (χ0v) is 40.4. The Hall–Kier alpha value is -6.32. The molecule has 0 aliphatic carbocycles. The van der Waals surface area contributed by atoms with Crippen molar-refractivity contribution in [2.75, 3.05) is 9.80 Å². The molecule has 0 fully saturated rings. The first-order valence-corrected chi connectivity index (χ1v) is 23.7. The molecule has 0 atom stereocenters. The Kier molecular flexibility index (Phi) is 8.97. The maximum Gasteiger partial charge on any atom is 0.252 e. The third-order valence-corrected chi connectivity index (χ3v) is 14.6. The lowest BCUT2D eigenvalue weighted by molar-refractivity contribution is 0.590. The summed E-state index contributed by atoms with van der Waals surface area (Å²) in [6.45, 7) is 28.0. The molecule has 0 aromatic heterocycles. The zero-order valence-electron chi connectivity index (χ0n) is 40.4. The van der Waals surface area contributed by atoms with Crippen molar-refractivity contribution in [2.45, 2.75) is 105 Å². The van der Waals surface area contributed by atoms with Gasteiger partial charge in [0.2, 0.25) is 0 Å². The Morgan fingerprint density at radius 3 is 1.28 bits per heavy atom. The third kappa shape index (κ3) is 6.60. The van der Waals surface area contributed by atoms with E-state index in [0.717, 1.165) is 0 Å². The van der Waals surface area contributed by atoms with E-state index in [2.05, 4.69) is 245 Å². The molecule has 2 nitrogen and oxygen atoms in total. The van der Waals surface area contributed by atoms with Crippen molar-refractivity contribution < 1.29 is 0 Å². The molecular weight excluding hydrogens is 784 g/mol. The van der Waals surface area contributed by atoms with Gasteiger partial charge in [-0.25, -0.2) is 0 Å². The third-order valence-electron chi connectivity index (χ3n) is 14.6. The van der Waals surface area contributed by atoms with Crippen LogP contribution >= 0.6 is 0 Å². The minimum atomic E-state index is -0.0423. The molecule has 0 radical (unpaired) electrons. The van der Waals surface area contributed by atoms with Crippen molar-refractivity contribution >= 4 is 89.5 Å². The molecule has 9 aromatic rings. The van der Waals surface area contributed by atoms with Gasteiger partial charge in [-0.2, -0.15) is 0 Å². The van der Waals surface area contributed by atoms with Crippen molar-refractivity contribution in [3.8, 4) is 11.1 Å². The number of fused-ring (bicyclic) bond motifs is 4. The average molecular weight is 845 g/mol. The van der Waals surface area contributed by atoms with Gasteiger partial charge in [0.1, 0.15) is 0 Å². The smallest absolute Gasteiger partial charge is 0.252 e. The van der Waals surface area contributed by atoms with Crippen LogP contribution in [0.2, 0.25) is 0 Å². The molecule has 65 heavy (non-hydrogen) atoms. The van der Waals surface area contributed by atoms with Gasteiger partial charge in [-0.15, -0.1) is 0 Å². The highest BCUT2D eigenvalue weighted by Gasteiger charge is 2.44. The largest absolute Gasteiger partial charge is 0.311 e. The number of hydrogen-bond acceptors (Lipinski definition) is 2. The summed E-state index contributed by atoms with van der Waals surface area (Å²) >= 11 is 0. The topological polar surface area (TPSA) is 6.48 Å². The van der Waals surface area contributed by atoms with E-state index in [-0.39, 0.29) is 28.4 Å². The van der Waals surface area contributed by atoms with Gasteiger partial charge in [0.15, 0.2) is 0 Å². The first-order valence-electron chi connectivity index (χ1n) is 23.7. The van der Waals surface area contributed by atoms with E-state index in [1.807, 2.05) is 0 Å². The van der Waals surface area contributed by atoms with Crippen LogP contribution in [0.3, 0.4) is 0 Å². The molecule has 0 saturated heterocycles. The number of rotatable bonds is 3.